The minimum absolute atomic E-state index is 0.109. The highest BCUT2D eigenvalue weighted by Crippen LogP contribution is 2.38. The molecular formula is C27H30FN3O4. The quantitative estimate of drug-likeness (QED) is 0.361. The van der Waals surface area contributed by atoms with Crippen LogP contribution in [0.4, 0.5) is 26.2 Å². The molecule has 1 fully saturated rings. The summed E-state index contributed by atoms with van der Waals surface area (Å²) in [7, 11) is 2.02. The van der Waals surface area contributed by atoms with Crippen LogP contribution in [0.15, 0.2) is 46.9 Å². The van der Waals surface area contributed by atoms with Gasteiger partial charge in [-0.05, 0) is 68.7 Å². The Morgan fingerprint density at radius 3 is 2.34 bits per heavy atom. The zero-order valence-electron chi connectivity index (χ0n) is 20.2. The number of urea groups is 1. The highest BCUT2D eigenvalue weighted by molar-refractivity contribution is 6.03. The van der Waals surface area contributed by atoms with Gasteiger partial charge in [0.1, 0.15) is 22.9 Å². The third-order valence-corrected chi connectivity index (χ3v) is 6.61. The molecule has 0 aliphatic heterocycles. The van der Waals surface area contributed by atoms with Gasteiger partial charge in [-0.15, -0.1) is 0 Å². The van der Waals surface area contributed by atoms with Gasteiger partial charge in [0.05, 0.1) is 11.4 Å². The van der Waals surface area contributed by atoms with E-state index < -0.39 is 12.0 Å². The molecule has 1 aliphatic carbocycles. The van der Waals surface area contributed by atoms with Crippen molar-refractivity contribution in [2.75, 3.05) is 22.6 Å². The number of nitrogens with one attached hydrogen (secondary N) is 2. The lowest BCUT2D eigenvalue weighted by Crippen LogP contribution is -2.34. The summed E-state index contributed by atoms with van der Waals surface area (Å²) >= 11 is 0. The molecule has 4 rings (SSSR count). The first kappa shape index (κ1) is 24.3. The minimum Gasteiger partial charge on any atom is -0.478 e. The average molecular weight is 480 g/mol. The average Bonchev–Trinajstić information content (AvgIpc) is 3.14. The number of carboxylic acid groups (broad SMARTS) is 1. The number of aryl methyl sites for hydroxylation is 2. The van der Waals surface area contributed by atoms with E-state index >= 15 is 0 Å². The zero-order valence-corrected chi connectivity index (χ0v) is 20.2. The first-order valence-electron chi connectivity index (χ1n) is 11.8. The number of nitrogens with zero attached hydrogens (tertiary/aromatic N) is 1. The predicted molar refractivity (Wildman–Crippen MR) is 135 cm³/mol. The lowest BCUT2D eigenvalue weighted by Gasteiger charge is -2.34. The Bertz CT molecular complexity index is 1230. The Kier molecular flexibility index (Phi) is 7.10. The maximum Gasteiger partial charge on any atom is 0.339 e. The van der Waals surface area contributed by atoms with Crippen LogP contribution in [0.3, 0.4) is 0 Å². The van der Waals surface area contributed by atoms with Gasteiger partial charge in [0.15, 0.2) is 0 Å². The van der Waals surface area contributed by atoms with Crippen LogP contribution in [-0.2, 0) is 0 Å². The molecule has 8 heteroatoms. The van der Waals surface area contributed by atoms with E-state index in [1.165, 1.54) is 30.7 Å². The Labute approximate surface area is 203 Å². The van der Waals surface area contributed by atoms with Crippen LogP contribution in [-0.4, -0.2) is 30.2 Å². The first-order valence-corrected chi connectivity index (χ1v) is 11.8. The van der Waals surface area contributed by atoms with Crippen molar-refractivity contribution in [2.45, 2.75) is 52.0 Å². The van der Waals surface area contributed by atoms with Gasteiger partial charge in [-0.3, -0.25) is 0 Å². The molecule has 3 N–H and O–H groups in total. The van der Waals surface area contributed by atoms with E-state index in [2.05, 4.69) is 15.5 Å². The smallest absolute Gasteiger partial charge is 0.339 e. The number of carboxylic acids is 1. The SMILES string of the molecule is Cc1oc(C)c(-c2ccc(N(C)C3CCCCC3)c(NC(=O)Nc3ccc(F)cc3)c2)c1C(=O)O. The molecule has 3 aromatic rings. The number of furan rings is 1. The Balaban J connectivity index is 1.71. The van der Waals surface area contributed by atoms with Crippen LogP contribution in [0.25, 0.3) is 11.1 Å². The second-order valence-electron chi connectivity index (χ2n) is 8.99. The summed E-state index contributed by atoms with van der Waals surface area (Å²) in [4.78, 5) is 27.0. The lowest BCUT2D eigenvalue weighted by molar-refractivity contribution is 0.0695. The van der Waals surface area contributed by atoms with Crippen LogP contribution in [0.2, 0.25) is 0 Å². The number of hydrogen-bond acceptors (Lipinski definition) is 4. The normalized spacial score (nSPS) is 13.9. The number of rotatable bonds is 6. The van der Waals surface area contributed by atoms with Gasteiger partial charge in [0, 0.05) is 24.3 Å². The number of carbonyl (C=O) groups is 2. The van der Waals surface area contributed by atoms with Crippen molar-refractivity contribution in [3.8, 4) is 11.1 Å². The molecule has 0 spiro atoms. The molecule has 1 aromatic heterocycles. The summed E-state index contributed by atoms with van der Waals surface area (Å²) < 4.78 is 18.9. The summed E-state index contributed by atoms with van der Waals surface area (Å²) in [6, 6.07) is 10.9. The zero-order chi connectivity index (χ0) is 25.1. The molecular weight excluding hydrogens is 449 g/mol. The van der Waals surface area contributed by atoms with Gasteiger partial charge >= 0.3 is 12.0 Å². The van der Waals surface area contributed by atoms with Crippen LogP contribution in [0.1, 0.15) is 54.0 Å². The number of aromatic carboxylic acids is 1. The van der Waals surface area contributed by atoms with E-state index in [-0.39, 0.29) is 11.4 Å². The van der Waals surface area contributed by atoms with Crippen LogP contribution in [0.5, 0.6) is 0 Å². The molecule has 2 amide bonds. The van der Waals surface area contributed by atoms with E-state index in [4.69, 9.17) is 4.42 Å². The van der Waals surface area contributed by atoms with Crippen molar-refractivity contribution < 1.29 is 23.5 Å². The fraction of sp³-hybridized carbons (Fsp3) is 0.333. The molecule has 0 atom stereocenters. The molecule has 184 valence electrons. The van der Waals surface area contributed by atoms with E-state index in [9.17, 15) is 19.1 Å². The molecule has 1 heterocycles. The number of benzene rings is 2. The van der Waals surface area contributed by atoms with Gasteiger partial charge in [0.25, 0.3) is 0 Å². The van der Waals surface area contributed by atoms with Crippen molar-refractivity contribution in [1.82, 2.24) is 0 Å². The fourth-order valence-corrected chi connectivity index (χ4v) is 4.87. The number of anilines is 3. The van der Waals surface area contributed by atoms with Crippen LogP contribution >= 0.6 is 0 Å². The van der Waals surface area contributed by atoms with Crippen molar-refractivity contribution in [2.24, 2.45) is 0 Å². The maximum absolute atomic E-state index is 13.2. The monoisotopic (exact) mass is 479 g/mol. The highest BCUT2D eigenvalue weighted by atomic mass is 19.1. The van der Waals surface area contributed by atoms with Gasteiger partial charge in [-0.1, -0.05) is 25.3 Å². The number of hydrogen-bond donors (Lipinski definition) is 3. The summed E-state index contributed by atoms with van der Waals surface area (Å²) in [6.45, 7) is 3.35. The van der Waals surface area contributed by atoms with Crippen molar-refractivity contribution in [3.05, 3.63) is 65.4 Å². The summed E-state index contributed by atoms with van der Waals surface area (Å²) in [6.07, 6.45) is 5.70. The van der Waals surface area contributed by atoms with Gasteiger partial charge in [-0.2, -0.15) is 0 Å². The van der Waals surface area contributed by atoms with Crippen molar-refractivity contribution >= 4 is 29.1 Å². The third-order valence-electron chi connectivity index (χ3n) is 6.61. The molecule has 0 bridgehead atoms. The second kappa shape index (κ2) is 10.2. The van der Waals surface area contributed by atoms with Gasteiger partial charge in [-0.25, -0.2) is 14.0 Å². The number of halogens is 1. The molecule has 1 aliphatic rings. The van der Waals surface area contributed by atoms with E-state index in [1.807, 2.05) is 19.2 Å². The van der Waals surface area contributed by atoms with Crippen LogP contribution < -0.4 is 15.5 Å². The summed E-state index contributed by atoms with van der Waals surface area (Å²) in [5, 5.41) is 15.4. The third kappa shape index (κ3) is 5.31. The highest BCUT2D eigenvalue weighted by Gasteiger charge is 2.25. The largest absolute Gasteiger partial charge is 0.478 e. The number of carbonyl (C=O) groups excluding carboxylic acids is 1. The summed E-state index contributed by atoms with van der Waals surface area (Å²) in [5.41, 5.74) is 3.07. The first-order chi connectivity index (χ1) is 16.7. The van der Waals surface area contributed by atoms with Crippen LogP contribution in [0, 0.1) is 19.7 Å². The standard InChI is InChI=1S/C27H30FN3O4/c1-16-24(25(26(32)33)17(2)35-16)18-9-14-23(31(3)21-7-5-4-6-8-21)22(15-18)30-27(34)29-20-12-10-19(28)11-13-20/h9-15,21H,4-8H2,1-3H3,(H,32,33)(H2,29,30,34). The molecule has 0 saturated heterocycles. The van der Waals surface area contributed by atoms with E-state index in [1.54, 1.807) is 19.9 Å². The second-order valence-corrected chi connectivity index (χ2v) is 8.99. The maximum atomic E-state index is 13.2. The van der Waals surface area contributed by atoms with Crippen molar-refractivity contribution in [1.29, 1.82) is 0 Å². The molecule has 2 aromatic carbocycles. The van der Waals surface area contributed by atoms with Gasteiger partial charge in [0.2, 0.25) is 0 Å². The molecule has 0 radical (unpaired) electrons. The molecule has 7 nitrogen and oxygen atoms in total. The fourth-order valence-electron chi connectivity index (χ4n) is 4.87. The van der Waals surface area contributed by atoms with Gasteiger partial charge < -0.3 is 25.1 Å². The number of amides is 2. The Hall–Kier alpha value is -3.81. The Morgan fingerprint density at radius 1 is 1.00 bits per heavy atom. The van der Waals surface area contributed by atoms with Crippen molar-refractivity contribution in [3.63, 3.8) is 0 Å². The lowest BCUT2D eigenvalue weighted by atomic mass is 9.93. The summed E-state index contributed by atoms with van der Waals surface area (Å²) in [5.74, 6) is -0.631. The van der Waals surface area contributed by atoms with E-state index in [0.717, 1.165) is 31.4 Å². The molecule has 35 heavy (non-hydrogen) atoms. The molecule has 0 unspecified atom stereocenters. The van der Waals surface area contributed by atoms with E-state index in [0.29, 0.717) is 40.1 Å². The predicted octanol–water partition coefficient (Wildman–Crippen LogP) is 6.81. The molecule has 1 saturated carbocycles. The topological polar surface area (TPSA) is 94.8 Å². The minimum atomic E-state index is -1.07. The Morgan fingerprint density at radius 2 is 1.69 bits per heavy atom.